The van der Waals surface area contributed by atoms with Crippen LogP contribution < -0.4 is 0 Å². The van der Waals surface area contributed by atoms with Gasteiger partial charge in [0.05, 0.1) is 12.2 Å². The Morgan fingerprint density at radius 2 is 1.58 bits per heavy atom. The highest BCUT2D eigenvalue weighted by atomic mass is 32.2. The fourth-order valence-electron chi connectivity index (χ4n) is 2.81. The molecule has 1 heterocycles. The number of piperazine rings is 1. The van der Waals surface area contributed by atoms with Crippen molar-refractivity contribution in [3.8, 4) is 0 Å². The molecule has 6 heteroatoms. The molecule has 2 rings (SSSR count). The molecule has 1 aromatic rings. The number of amides is 1. The van der Waals surface area contributed by atoms with Crippen molar-refractivity contribution >= 4 is 15.9 Å². The van der Waals surface area contributed by atoms with Gasteiger partial charge in [-0.2, -0.15) is 4.31 Å². The minimum Gasteiger partial charge on any atom is -0.340 e. The summed E-state index contributed by atoms with van der Waals surface area (Å²) in [6.07, 6.45) is 0.366. The Morgan fingerprint density at radius 3 is 2.04 bits per heavy atom. The molecule has 0 radical (unpaired) electrons. The van der Waals surface area contributed by atoms with Crippen molar-refractivity contribution < 1.29 is 13.2 Å². The molecule has 1 amide bonds. The molecule has 0 bridgehead atoms. The predicted octanol–water partition coefficient (Wildman–Crippen LogP) is 2.02. The van der Waals surface area contributed by atoms with E-state index in [9.17, 15) is 13.2 Å². The zero-order chi connectivity index (χ0) is 18.0. The molecular formula is C18H28N2O3S. The van der Waals surface area contributed by atoms with Crippen LogP contribution in [-0.4, -0.2) is 55.5 Å². The Hall–Kier alpha value is -1.40. The Bertz CT molecular complexity index is 667. The summed E-state index contributed by atoms with van der Waals surface area (Å²) in [5.41, 5.74) is 2.34. The van der Waals surface area contributed by atoms with E-state index >= 15 is 0 Å². The maximum atomic E-state index is 12.4. The molecule has 1 aliphatic heterocycles. The lowest BCUT2D eigenvalue weighted by Crippen LogP contribution is -2.51. The van der Waals surface area contributed by atoms with Gasteiger partial charge in [-0.25, -0.2) is 8.42 Å². The van der Waals surface area contributed by atoms with Crippen LogP contribution in [0.3, 0.4) is 0 Å². The van der Waals surface area contributed by atoms with E-state index in [1.165, 1.54) is 9.87 Å². The van der Waals surface area contributed by atoms with E-state index in [1.54, 1.807) is 11.8 Å². The number of hydrogen-bond acceptors (Lipinski definition) is 3. The third-order valence-electron chi connectivity index (χ3n) is 4.52. The zero-order valence-corrected chi connectivity index (χ0v) is 15.9. The quantitative estimate of drug-likeness (QED) is 0.833. The Balaban J connectivity index is 1.92. The van der Waals surface area contributed by atoms with Crippen molar-refractivity contribution in [1.29, 1.82) is 0 Å². The molecule has 0 aromatic heterocycles. The first-order valence-corrected chi connectivity index (χ1v) is 10.1. The zero-order valence-electron chi connectivity index (χ0n) is 15.1. The molecule has 24 heavy (non-hydrogen) atoms. The van der Waals surface area contributed by atoms with Crippen molar-refractivity contribution in [3.63, 3.8) is 0 Å². The van der Waals surface area contributed by atoms with Crippen LogP contribution in [0.5, 0.6) is 0 Å². The summed E-state index contributed by atoms with van der Waals surface area (Å²) in [6, 6.07) is 8.18. The fourth-order valence-corrected chi connectivity index (χ4v) is 3.89. The lowest BCUT2D eigenvalue weighted by atomic mass is 9.86. The van der Waals surface area contributed by atoms with Crippen molar-refractivity contribution in [2.45, 2.75) is 39.5 Å². The average Bonchev–Trinajstić information content (AvgIpc) is 2.54. The molecule has 0 unspecified atom stereocenters. The number of benzene rings is 1. The summed E-state index contributed by atoms with van der Waals surface area (Å²) in [6.45, 7) is 9.87. The lowest BCUT2D eigenvalue weighted by molar-refractivity contribution is -0.131. The molecule has 1 aliphatic rings. The summed E-state index contributed by atoms with van der Waals surface area (Å²) >= 11 is 0. The first-order chi connectivity index (χ1) is 11.1. The second-order valence-electron chi connectivity index (χ2n) is 7.30. The van der Waals surface area contributed by atoms with Crippen LogP contribution in [0, 0.1) is 0 Å². The van der Waals surface area contributed by atoms with Crippen LogP contribution in [0.1, 0.15) is 38.8 Å². The molecule has 1 saturated heterocycles. The van der Waals surface area contributed by atoms with Gasteiger partial charge in [0.25, 0.3) is 0 Å². The van der Waals surface area contributed by atoms with Gasteiger partial charge >= 0.3 is 0 Å². The van der Waals surface area contributed by atoms with E-state index < -0.39 is 10.0 Å². The molecule has 0 atom stereocenters. The maximum Gasteiger partial charge on any atom is 0.227 e. The van der Waals surface area contributed by atoms with E-state index in [4.69, 9.17) is 0 Å². The molecular weight excluding hydrogens is 324 g/mol. The van der Waals surface area contributed by atoms with Gasteiger partial charge in [-0.1, -0.05) is 45.0 Å². The Morgan fingerprint density at radius 1 is 1.04 bits per heavy atom. The van der Waals surface area contributed by atoms with Crippen molar-refractivity contribution in [2.75, 3.05) is 31.9 Å². The summed E-state index contributed by atoms with van der Waals surface area (Å²) in [5, 5.41) is 0. The second-order valence-corrected chi connectivity index (χ2v) is 9.56. The minimum absolute atomic E-state index is 0.0621. The van der Waals surface area contributed by atoms with Gasteiger partial charge in [0.15, 0.2) is 0 Å². The molecule has 0 N–H and O–H groups in total. The third kappa shape index (κ3) is 4.57. The Kier molecular flexibility index (Phi) is 5.71. The van der Waals surface area contributed by atoms with Gasteiger partial charge in [-0.3, -0.25) is 4.79 Å². The topological polar surface area (TPSA) is 57.7 Å². The van der Waals surface area contributed by atoms with Gasteiger partial charge < -0.3 is 4.90 Å². The summed E-state index contributed by atoms with van der Waals surface area (Å²) in [5.74, 6) is 0.174. The fraction of sp³-hybridized carbons (Fsp3) is 0.611. The summed E-state index contributed by atoms with van der Waals surface area (Å²) in [7, 11) is -3.15. The Labute approximate surface area is 145 Å². The SMILES string of the molecule is CCS(=O)(=O)N1CCN(C(=O)Cc2ccc(C(C)(C)C)cc2)CC1. The van der Waals surface area contributed by atoms with E-state index in [2.05, 4.69) is 32.9 Å². The smallest absolute Gasteiger partial charge is 0.227 e. The maximum absolute atomic E-state index is 12.4. The van der Waals surface area contributed by atoms with Crippen molar-refractivity contribution in [3.05, 3.63) is 35.4 Å². The van der Waals surface area contributed by atoms with Crippen LogP contribution in [0.2, 0.25) is 0 Å². The minimum atomic E-state index is -3.15. The highest BCUT2D eigenvalue weighted by molar-refractivity contribution is 7.89. The average molecular weight is 353 g/mol. The lowest BCUT2D eigenvalue weighted by Gasteiger charge is -2.34. The van der Waals surface area contributed by atoms with Crippen LogP contribution in [0.25, 0.3) is 0 Å². The van der Waals surface area contributed by atoms with Crippen molar-refractivity contribution in [1.82, 2.24) is 9.21 Å². The van der Waals surface area contributed by atoms with E-state index in [0.29, 0.717) is 32.6 Å². The number of rotatable bonds is 4. The number of hydrogen-bond donors (Lipinski definition) is 0. The largest absolute Gasteiger partial charge is 0.340 e. The van der Waals surface area contributed by atoms with Gasteiger partial charge in [-0.05, 0) is 23.5 Å². The monoisotopic (exact) mass is 352 g/mol. The van der Waals surface area contributed by atoms with Crippen LogP contribution >= 0.6 is 0 Å². The molecule has 5 nitrogen and oxygen atoms in total. The number of carbonyl (C=O) groups is 1. The summed E-state index contributed by atoms with van der Waals surface area (Å²) < 4.78 is 25.2. The standard InChI is InChI=1S/C18H28N2O3S/c1-5-24(22,23)20-12-10-19(11-13-20)17(21)14-15-6-8-16(9-7-15)18(2,3)4/h6-9H,5,10-14H2,1-4H3. The molecule has 134 valence electrons. The number of nitrogens with zero attached hydrogens (tertiary/aromatic N) is 2. The van der Waals surface area contributed by atoms with Crippen LogP contribution in [0.15, 0.2) is 24.3 Å². The van der Waals surface area contributed by atoms with Crippen LogP contribution in [-0.2, 0) is 26.7 Å². The first kappa shape index (κ1) is 18.9. The van der Waals surface area contributed by atoms with Crippen LogP contribution in [0.4, 0.5) is 0 Å². The summed E-state index contributed by atoms with van der Waals surface area (Å²) in [4.78, 5) is 14.2. The predicted molar refractivity (Wildman–Crippen MR) is 96.5 cm³/mol. The third-order valence-corrected chi connectivity index (χ3v) is 6.41. The van der Waals surface area contributed by atoms with Gasteiger partial charge in [-0.15, -0.1) is 0 Å². The highest BCUT2D eigenvalue weighted by Gasteiger charge is 2.27. The van der Waals surface area contributed by atoms with Gasteiger partial charge in [0, 0.05) is 26.2 Å². The molecule has 0 spiro atoms. The normalized spacial score (nSPS) is 17.1. The van der Waals surface area contributed by atoms with Crippen molar-refractivity contribution in [2.24, 2.45) is 0 Å². The number of carbonyl (C=O) groups excluding carboxylic acids is 1. The van der Waals surface area contributed by atoms with E-state index in [1.807, 2.05) is 12.1 Å². The molecule has 1 fully saturated rings. The number of sulfonamides is 1. The first-order valence-electron chi connectivity index (χ1n) is 8.48. The highest BCUT2D eigenvalue weighted by Crippen LogP contribution is 2.22. The van der Waals surface area contributed by atoms with Gasteiger partial charge in [0.2, 0.25) is 15.9 Å². The molecule has 0 saturated carbocycles. The van der Waals surface area contributed by atoms with E-state index in [-0.39, 0.29) is 17.1 Å². The second kappa shape index (κ2) is 7.23. The van der Waals surface area contributed by atoms with Gasteiger partial charge in [0.1, 0.15) is 0 Å². The van der Waals surface area contributed by atoms with E-state index in [0.717, 1.165) is 5.56 Å². The molecule has 0 aliphatic carbocycles. The molecule has 1 aromatic carbocycles.